The van der Waals surface area contributed by atoms with E-state index < -0.39 is 10.8 Å². The first kappa shape index (κ1) is 14.0. The standard InChI is InChI=1S/C14H19ClO2/c1-14(2,3)13(16)11(15)9-10-7-5-6-8-12(10)17-4/h5-8,11H,9H2,1-4H3. The van der Waals surface area contributed by atoms with Gasteiger partial charge in [0.05, 0.1) is 12.5 Å². The molecule has 1 aromatic rings. The van der Waals surface area contributed by atoms with Crippen LogP contribution in [-0.2, 0) is 11.2 Å². The zero-order valence-electron chi connectivity index (χ0n) is 10.8. The Morgan fingerprint density at radius 3 is 2.47 bits per heavy atom. The number of Topliss-reactive ketones (excluding diaryl/α,β-unsaturated/α-hetero) is 1. The molecule has 3 heteroatoms. The summed E-state index contributed by atoms with van der Waals surface area (Å²) in [5.41, 5.74) is 0.557. The van der Waals surface area contributed by atoms with E-state index >= 15 is 0 Å². The third-order valence-electron chi connectivity index (χ3n) is 2.62. The van der Waals surface area contributed by atoms with Crippen molar-refractivity contribution < 1.29 is 9.53 Å². The number of para-hydroxylation sites is 1. The summed E-state index contributed by atoms with van der Waals surface area (Å²) in [4.78, 5) is 12.0. The van der Waals surface area contributed by atoms with Crippen LogP contribution in [0.25, 0.3) is 0 Å². The number of methoxy groups -OCH3 is 1. The number of ether oxygens (including phenoxy) is 1. The lowest BCUT2D eigenvalue weighted by molar-refractivity contribution is -0.125. The van der Waals surface area contributed by atoms with Crippen molar-refractivity contribution in [1.82, 2.24) is 0 Å². The van der Waals surface area contributed by atoms with Crippen LogP contribution in [0.3, 0.4) is 0 Å². The largest absolute Gasteiger partial charge is 0.496 e. The molecule has 0 N–H and O–H groups in total. The zero-order chi connectivity index (χ0) is 13.1. The monoisotopic (exact) mass is 254 g/mol. The SMILES string of the molecule is COc1ccccc1CC(Cl)C(=O)C(C)(C)C. The second kappa shape index (κ2) is 5.54. The van der Waals surface area contributed by atoms with Crippen LogP contribution in [0.15, 0.2) is 24.3 Å². The third kappa shape index (κ3) is 3.74. The maximum absolute atomic E-state index is 12.0. The van der Waals surface area contributed by atoms with Gasteiger partial charge in [0.15, 0.2) is 5.78 Å². The fraction of sp³-hybridized carbons (Fsp3) is 0.500. The van der Waals surface area contributed by atoms with Crippen molar-refractivity contribution in [3.63, 3.8) is 0 Å². The van der Waals surface area contributed by atoms with Gasteiger partial charge in [-0.15, -0.1) is 11.6 Å². The minimum absolute atomic E-state index is 0.0603. The first-order valence-electron chi connectivity index (χ1n) is 5.66. The number of carbonyl (C=O) groups is 1. The van der Waals surface area contributed by atoms with E-state index in [2.05, 4.69) is 0 Å². The normalized spacial score (nSPS) is 13.2. The smallest absolute Gasteiger partial charge is 0.156 e. The summed E-state index contributed by atoms with van der Waals surface area (Å²) in [7, 11) is 1.62. The lowest BCUT2D eigenvalue weighted by atomic mass is 9.87. The number of alkyl halides is 1. The average molecular weight is 255 g/mol. The highest BCUT2D eigenvalue weighted by molar-refractivity contribution is 6.31. The summed E-state index contributed by atoms with van der Waals surface area (Å²) in [5.74, 6) is 0.838. The molecule has 0 amide bonds. The van der Waals surface area contributed by atoms with Gasteiger partial charge in [-0.05, 0) is 18.1 Å². The Hall–Kier alpha value is -1.02. The van der Waals surface area contributed by atoms with Crippen LogP contribution < -0.4 is 4.74 Å². The molecule has 0 fully saturated rings. The second-order valence-electron chi connectivity index (χ2n) is 5.10. The number of ketones is 1. The van der Waals surface area contributed by atoms with Crippen molar-refractivity contribution in [3.05, 3.63) is 29.8 Å². The van der Waals surface area contributed by atoms with Crippen molar-refractivity contribution in [1.29, 1.82) is 0 Å². The summed E-state index contributed by atoms with van der Waals surface area (Å²) >= 11 is 6.17. The van der Waals surface area contributed by atoms with E-state index in [1.807, 2.05) is 45.0 Å². The molecule has 0 spiro atoms. The Morgan fingerprint density at radius 2 is 1.94 bits per heavy atom. The number of halogens is 1. The lowest BCUT2D eigenvalue weighted by Gasteiger charge is -2.21. The molecule has 0 aliphatic carbocycles. The molecule has 1 atom stereocenters. The van der Waals surface area contributed by atoms with Crippen molar-refractivity contribution >= 4 is 17.4 Å². The molecule has 0 heterocycles. The van der Waals surface area contributed by atoms with Crippen molar-refractivity contribution in [2.45, 2.75) is 32.6 Å². The van der Waals surface area contributed by atoms with Crippen LogP contribution in [0.2, 0.25) is 0 Å². The zero-order valence-corrected chi connectivity index (χ0v) is 11.5. The average Bonchev–Trinajstić information content (AvgIpc) is 2.27. The number of rotatable bonds is 4. The lowest BCUT2D eigenvalue weighted by Crippen LogP contribution is -2.30. The van der Waals surface area contributed by atoms with Gasteiger partial charge >= 0.3 is 0 Å². The number of benzene rings is 1. The van der Waals surface area contributed by atoms with E-state index in [1.54, 1.807) is 7.11 Å². The molecular formula is C14H19ClO2. The van der Waals surface area contributed by atoms with Gasteiger partial charge in [-0.2, -0.15) is 0 Å². The van der Waals surface area contributed by atoms with E-state index in [1.165, 1.54) is 0 Å². The molecule has 0 bridgehead atoms. The number of hydrogen-bond donors (Lipinski definition) is 0. The minimum atomic E-state index is -0.508. The maximum Gasteiger partial charge on any atom is 0.156 e. The highest BCUT2D eigenvalue weighted by Crippen LogP contribution is 2.25. The van der Waals surface area contributed by atoms with Crippen LogP contribution in [-0.4, -0.2) is 18.3 Å². The molecule has 1 aromatic carbocycles. The fourth-order valence-corrected chi connectivity index (χ4v) is 2.12. The molecule has 0 aliphatic heterocycles. The molecule has 0 aromatic heterocycles. The summed E-state index contributed by atoms with van der Waals surface area (Å²) in [5, 5.41) is -0.508. The molecule has 0 radical (unpaired) electrons. The molecule has 0 saturated heterocycles. The predicted octanol–water partition coefficient (Wildman–Crippen LogP) is 3.46. The highest BCUT2D eigenvalue weighted by Gasteiger charge is 2.28. The Balaban J connectivity index is 2.81. The fourth-order valence-electron chi connectivity index (χ4n) is 1.63. The summed E-state index contributed by atoms with van der Waals surface area (Å²) in [6.07, 6.45) is 0.502. The highest BCUT2D eigenvalue weighted by atomic mass is 35.5. The van der Waals surface area contributed by atoms with Gasteiger partial charge in [-0.1, -0.05) is 39.0 Å². The van der Waals surface area contributed by atoms with Crippen LogP contribution >= 0.6 is 11.6 Å². The van der Waals surface area contributed by atoms with Crippen LogP contribution in [0.1, 0.15) is 26.3 Å². The van der Waals surface area contributed by atoms with Crippen molar-refractivity contribution in [2.24, 2.45) is 5.41 Å². The van der Waals surface area contributed by atoms with Gasteiger partial charge in [-0.25, -0.2) is 0 Å². The minimum Gasteiger partial charge on any atom is -0.496 e. The Labute approximate surface area is 108 Å². The van der Waals surface area contributed by atoms with Gasteiger partial charge in [0, 0.05) is 5.41 Å². The molecule has 0 saturated carbocycles. The van der Waals surface area contributed by atoms with E-state index in [0.717, 1.165) is 11.3 Å². The molecule has 17 heavy (non-hydrogen) atoms. The Kier molecular flexibility index (Phi) is 4.58. The summed E-state index contributed by atoms with van der Waals surface area (Å²) in [6.45, 7) is 5.65. The van der Waals surface area contributed by atoms with Gasteiger partial charge in [0.1, 0.15) is 5.75 Å². The Bertz CT molecular complexity index is 393. The van der Waals surface area contributed by atoms with Gasteiger partial charge in [0.25, 0.3) is 0 Å². The first-order valence-corrected chi connectivity index (χ1v) is 6.10. The number of carbonyl (C=O) groups excluding carboxylic acids is 1. The van der Waals surface area contributed by atoms with E-state index in [-0.39, 0.29) is 5.78 Å². The van der Waals surface area contributed by atoms with Gasteiger partial charge in [0.2, 0.25) is 0 Å². The predicted molar refractivity (Wildman–Crippen MR) is 70.8 cm³/mol. The van der Waals surface area contributed by atoms with Crippen LogP contribution in [0.4, 0.5) is 0 Å². The van der Waals surface area contributed by atoms with Crippen LogP contribution in [0, 0.1) is 5.41 Å². The van der Waals surface area contributed by atoms with Gasteiger partial charge < -0.3 is 4.74 Å². The maximum atomic E-state index is 12.0. The topological polar surface area (TPSA) is 26.3 Å². The number of hydrogen-bond acceptors (Lipinski definition) is 2. The van der Waals surface area contributed by atoms with E-state index in [9.17, 15) is 4.79 Å². The van der Waals surface area contributed by atoms with E-state index in [4.69, 9.17) is 16.3 Å². The molecule has 0 aliphatic rings. The second-order valence-corrected chi connectivity index (χ2v) is 5.62. The molecular weight excluding hydrogens is 236 g/mol. The van der Waals surface area contributed by atoms with Gasteiger partial charge in [-0.3, -0.25) is 4.79 Å². The summed E-state index contributed by atoms with van der Waals surface area (Å²) in [6, 6.07) is 7.63. The first-order chi connectivity index (χ1) is 7.86. The van der Waals surface area contributed by atoms with Crippen molar-refractivity contribution in [3.8, 4) is 5.75 Å². The molecule has 94 valence electrons. The molecule has 1 rings (SSSR count). The quantitative estimate of drug-likeness (QED) is 0.770. The van der Waals surface area contributed by atoms with Crippen molar-refractivity contribution in [2.75, 3.05) is 7.11 Å². The Morgan fingerprint density at radius 1 is 1.35 bits per heavy atom. The molecule has 1 unspecified atom stereocenters. The van der Waals surface area contributed by atoms with Crippen LogP contribution in [0.5, 0.6) is 5.75 Å². The summed E-state index contributed by atoms with van der Waals surface area (Å²) < 4.78 is 5.24. The van der Waals surface area contributed by atoms with E-state index in [0.29, 0.717) is 6.42 Å². The molecule has 2 nitrogen and oxygen atoms in total. The third-order valence-corrected chi connectivity index (χ3v) is 2.97.